The lowest BCUT2D eigenvalue weighted by atomic mass is 9.63. The predicted molar refractivity (Wildman–Crippen MR) is 63.6 cm³/mol. The van der Waals surface area contributed by atoms with E-state index in [2.05, 4.69) is 34.6 Å². The third-order valence-electron chi connectivity index (χ3n) is 6.23. The molecule has 15 heavy (non-hydrogen) atoms. The van der Waals surface area contributed by atoms with Gasteiger partial charge in [0.05, 0.1) is 6.10 Å². The van der Waals surface area contributed by atoms with E-state index in [9.17, 15) is 5.11 Å². The molecule has 2 saturated carbocycles. The Morgan fingerprint density at radius 2 is 1.60 bits per heavy atom. The third kappa shape index (κ3) is 1.32. The molecule has 1 heteroatoms. The molecule has 1 N–H and O–H groups in total. The molecule has 2 rings (SSSR count). The largest absolute Gasteiger partial charge is 0.393 e. The van der Waals surface area contributed by atoms with Gasteiger partial charge in [-0.15, -0.1) is 0 Å². The molecule has 0 spiro atoms. The molecule has 0 amide bonds. The quantitative estimate of drug-likeness (QED) is 0.649. The van der Waals surface area contributed by atoms with Crippen molar-refractivity contribution in [3.63, 3.8) is 0 Å². The highest BCUT2D eigenvalue weighted by Crippen LogP contribution is 2.64. The summed E-state index contributed by atoms with van der Waals surface area (Å²) < 4.78 is 0. The summed E-state index contributed by atoms with van der Waals surface area (Å²) in [4.78, 5) is 0. The second kappa shape index (κ2) is 3.23. The molecule has 0 radical (unpaired) electrons. The molecule has 2 fully saturated rings. The Balaban J connectivity index is 2.38. The lowest BCUT2D eigenvalue weighted by Crippen LogP contribution is -2.36. The number of aliphatic hydroxyl groups excluding tert-OH is 1. The highest BCUT2D eigenvalue weighted by molar-refractivity contribution is 5.08. The van der Waals surface area contributed by atoms with Gasteiger partial charge in [0.25, 0.3) is 0 Å². The fourth-order valence-corrected chi connectivity index (χ4v) is 4.27. The first-order chi connectivity index (χ1) is 6.80. The molecule has 1 nitrogen and oxygen atoms in total. The van der Waals surface area contributed by atoms with Crippen LogP contribution in [0, 0.1) is 28.6 Å². The topological polar surface area (TPSA) is 20.2 Å². The first kappa shape index (κ1) is 11.4. The molecular weight excluding hydrogens is 184 g/mol. The highest BCUT2D eigenvalue weighted by Gasteiger charge is 2.60. The van der Waals surface area contributed by atoms with E-state index in [1.807, 2.05) is 0 Å². The monoisotopic (exact) mass is 210 g/mol. The van der Waals surface area contributed by atoms with Gasteiger partial charge in [-0.25, -0.2) is 0 Å². The van der Waals surface area contributed by atoms with Crippen LogP contribution >= 0.6 is 0 Å². The van der Waals surface area contributed by atoms with Crippen LogP contribution < -0.4 is 0 Å². The molecule has 0 bridgehead atoms. The normalized spacial score (nSPS) is 47.6. The Labute approximate surface area is 94.3 Å². The van der Waals surface area contributed by atoms with Gasteiger partial charge in [0.15, 0.2) is 0 Å². The second-order valence-corrected chi connectivity index (χ2v) is 6.91. The zero-order valence-corrected chi connectivity index (χ0v) is 10.9. The first-order valence-electron chi connectivity index (χ1n) is 6.48. The summed E-state index contributed by atoms with van der Waals surface area (Å²) in [5.41, 5.74) is 0.728. The molecule has 4 atom stereocenters. The van der Waals surface area contributed by atoms with Crippen LogP contribution in [0.15, 0.2) is 0 Å². The second-order valence-electron chi connectivity index (χ2n) is 6.91. The van der Waals surface area contributed by atoms with Gasteiger partial charge in [0.1, 0.15) is 0 Å². The Bertz CT molecular complexity index is 254. The summed E-state index contributed by atoms with van der Waals surface area (Å²) in [6.07, 6.45) is 3.52. The van der Waals surface area contributed by atoms with Crippen molar-refractivity contribution in [3.05, 3.63) is 0 Å². The molecule has 0 saturated heterocycles. The summed E-state index contributed by atoms with van der Waals surface area (Å²) in [5.74, 6) is 1.92. The summed E-state index contributed by atoms with van der Waals surface area (Å²) in [7, 11) is 0. The zero-order chi connectivity index (χ0) is 11.4. The fourth-order valence-electron chi connectivity index (χ4n) is 4.27. The van der Waals surface area contributed by atoms with E-state index >= 15 is 0 Å². The van der Waals surface area contributed by atoms with Crippen molar-refractivity contribution in [1.82, 2.24) is 0 Å². The number of hydrogen-bond acceptors (Lipinski definition) is 1. The molecule has 88 valence electrons. The van der Waals surface area contributed by atoms with Crippen LogP contribution in [0.25, 0.3) is 0 Å². The summed E-state index contributed by atoms with van der Waals surface area (Å²) in [6.45, 7) is 11.9. The van der Waals surface area contributed by atoms with Gasteiger partial charge in [0.2, 0.25) is 0 Å². The minimum atomic E-state index is -0.0419. The van der Waals surface area contributed by atoms with Crippen molar-refractivity contribution >= 4 is 0 Å². The minimum Gasteiger partial charge on any atom is -0.393 e. The average molecular weight is 210 g/mol. The lowest BCUT2D eigenvalue weighted by Gasteiger charge is -2.42. The average Bonchev–Trinajstić information content (AvgIpc) is 2.27. The SMILES string of the molecule is CC1C2C(O)CCCC2C(C)(C)C1(C)C. The van der Waals surface area contributed by atoms with Crippen LogP contribution in [0.2, 0.25) is 0 Å². The maximum Gasteiger partial charge on any atom is 0.0574 e. The van der Waals surface area contributed by atoms with Crippen molar-refractivity contribution in [3.8, 4) is 0 Å². The molecule has 0 aromatic carbocycles. The first-order valence-corrected chi connectivity index (χ1v) is 6.48. The predicted octanol–water partition coefficient (Wildman–Crippen LogP) is 3.47. The van der Waals surface area contributed by atoms with Gasteiger partial charge in [-0.05, 0) is 41.4 Å². The van der Waals surface area contributed by atoms with E-state index in [1.165, 1.54) is 12.8 Å². The molecule has 0 aromatic rings. The number of hydrogen-bond donors (Lipinski definition) is 1. The molecule has 0 heterocycles. The summed E-state index contributed by atoms with van der Waals surface area (Å²) >= 11 is 0. The maximum atomic E-state index is 10.2. The van der Waals surface area contributed by atoms with Crippen LogP contribution in [0.3, 0.4) is 0 Å². The van der Waals surface area contributed by atoms with Crippen LogP contribution in [-0.4, -0.2) is 11.2 Å². The number of rotatable bonds is 0. The fraction of sp³-hybridized carbons (Fsp3) is 1.00. The van der Waals surface area contributed by atoms with Crippen LogP contribution in [0.5, 0.6) is 0 Å². The van der Waals surface area contributed by atoms with Gasteiger partial charge in [-0.1, -0.05) is 41.0 Å². The van der Waals surface area contributed by atoms with Crippen molar-refractivity contribution in [2.45, 2.75) is 60.0 Å². The highest BCUT2D eigenvalue weighted by atomic mass is 16.3. The third-order valence-corrected chi connectivity index (χ3v) is 6.23. The summed E-state index contributed by atoms with van der Waals surface area (Å²) in [5, 5.41) is 10.2. The Hall–Kier alpha value is -0.0400. The van der Waals surface area contributed by atoms with Crippen molar-refractivity contribution in [2.75, 3.05) is 0 Å². The van der Waals surface area contributed by atoms with E-state index in [-0.39, 0.29) is 6.10 Å². The van der Waals surface area contributed by atoms with E-state index < -0.39 is 0 Å². The molecule has 0 aromatic heterocycles. The van der Waals surface area contributed by atoms with Gasteiger partial charge >= 0.3 is 0 Å². The van der Waals surface area contributed by atoms with Gasteiger partial charge in [-0.3, -0.25) is 0 Å². The van der Waals surface area contributed by atoms with Crippen molar-refractivity contribution in [2.24, 2.45) is 28.6 Å². The smallest absolute Gasteiger partial charge is 0.0574 e. The molecule has 4 unspecified atom stereocenters. The molecule has 2 aliphatic carbocycles. The van der Waals surface area contributed by atoms with Gasteiger partial charge in [0, 0.05) is 0 Å². The van der Waals surface area contributed by atoms with Crippen molar-refractivity contribution in [1.29, 1.82) is 0 Å². The Morgan fingerprint density at radius 1 is 1.00 bits per heavy atom. The standard InChI is InChI=1S/C14H26O/c1-9-12-10(7-6-8-11(12)15)14(4,5)13(9,2)3/h9-12,15H,6-8H2,1-5H3. The van der Waals surface area contributed by atoms with Crippen LogP contribution in [0.4, 0.5) is 0 Å². The van der Waals surface area contributed by atoms with Crippen LogP contribution in [0.1, 0.15) is 53.9 Å². The lowest BCUT2D eigenvalue weighted by molar-refractivity contribution is 0.0109. The number of fused-ring (bicyclic) bond motifs is 1. The Morgan fingerprint density at radius 3 is 2.13 bits per heavy atom. The van der Waals surface area contributed by atoms with E-state index in [0.29, 0.717) is 22.7 Å². The molecule has 2 aliphatic rings. The Kier molecular flexibility index (Phi) is 2.46. The number of aliphatic hydroxyl groups is 1. The van der Waals surface area contributed by atoms with Gasteiger partial charge in [-0.2, -0.15) is 0 Å². The van der Waals surface area contributed by atoms with Gasteiger partial charge < -0.3 is 5.11 Å². The van der Waals surface area contributed by atoms with E-state index in [0.717, 1.165) is 12.3 Å². The van der Waals surface area contributed by atoms with Crippen molar-refractivity contribution < 1.29 is 5.11 Å². The zero-order valence-electron chi connectivity index (χ0n) is 10.9. The molecular formula is C14H26O. The molecule has 0 aliphatic heterocycles. The van der Waals surface area contributed by atoms with E-state index in [1.54, 1.807) is 0 Å². The maximum absolute atomic E-state index is 10.2. The van der Waals surface area contributed by atoms with E-state index in [4.69, 9.17) is 0 Å². The minimum absolute atomic E-state index is 0.0419. The van der Waals surface area contributed by atoms with Crippen LogP contribution in [-0.2, 0) is 0 Å². The summed E-state index contributed by atoms with van der Waals surface area (Å²) in [6, 6.07) is 0.